The maximum Gasteiger partial charge on any atom is 0.230 e. The summed E-state index contributed by atoms with van der Waals surface area (Å²) in [6.45, 7) is 0. The predicted molar refractivity (Wildman–Crippen MR) is 86.0 cm³/mol. The van der Waals surface area contributed by atoms with E-state index in [2.05, 4.69) is 5.32 Å². The zero-order valence-electron chi connectivity index (χ0n) is 12.7. The molecule has 0 radical (unpaired) electrons. The van der Waals surface area contributed by atoms with Crippen molar-refractivity contribution in [2.75, 3.05) is 5.73 Å². The van der Waals surface area contributed by atoms with E-state index in [0.29, 0.717) is 6.04 Å². The molecule has 21 heavy (non-hydrogen) atoms. The van der Waals surface area contributed by atoms with Crippen LogP contribution in [0.15, 0.2) is 24.3 Å². The highest BCUT2D eigenvalue weighted by Gasteiger charge is 2.51. The molecule has 2 fully saturated rings. The molecule has 0 spiro atoms. The normalized spacial score (nSPS) is 22.1. The molecule has 0 saturated heterocycles. The summed E-state index contributed by atoms with van der Waals surface area (Å²) in [5.74, 6) is 0.234. The third kappa shape index (κ3) is 3.22. The first-order chi connectivity index (χ1) is 10.2. The fourth-order valence-electron chi connectivity index (χ4n) is 3.50. The molecule has 114 valence electrons. The van der Waals surface area contributed by atoms with E-state index in [1.54, 1.807) is 0 Å². The number of amides is 1. The standard InChI is InChI=1S/C18H26N2O/c19-15-10-8-14(9-11-15)18(12-13-18)17(21)20-16-6-4-2-1-3-5-7-16/h8-11,16H,1-7,12-13,19H2,(H,20,21). The maximum atomic E-state index is 12.7. The zero-order valence-corrected chi connectivity index (χ0v) is 12.7. The molecule has 3 rings (SSSR count). The van der Waals surface area contributed by atoms with Gasteiger partial charge in [0, 0.05) is 11.7 Å². The minimum Gasteiger partial charge on any atom is -0.399 e. The van der Waals surface area contributed by atoms with Gasteiger partial charge in [0.05, 0.1) is 5.41 Å². The molecule has 3 nitrogen and oxygen atoms in total. The average molecular weight is 286 g/mol. The highest BCUT2D eigenvalue weighted by atomic mass is 16.2. The van der Waals surface area contributed by atoms with Crippen LogP contribution in [0.3, 0.4) is 0 Å². The smallest absolute Gasteiger partial charge is 0.230 e. The zero-order chi connectivity index (χ0) is 14.7. The number of carbonyl (C=O) groups is 1. The molecule has 2 saturated carbocycles. The topological polar surface area (TPSA) is 55.1 Å². The van der Waals surface area contributed by atoms with Gasteiger partial charge < -0.3 is 11.1 Å². The van der Waals surface area contributed by atoms with Crippen molar-refractivity contribution in [3.8, 4) is 0 Å². The number of nitrogen functional groups attached to an aromatic ring is 1. The first-order valence-electron chi connectivity index (χ1n) is 8.38. The van der Waals surface area contributed by atoms with Gasteiger partial charge >= 0.3 is 0 Å². The number of nitrogens with one attached hydrogen (secondary N) is 1. The van der Waals surface area contributed by atoms with E-state index in [-0.39, 0.29) is 11.3 Å². The molecule has 2 aliphatic rings. The van der Waals surface area contributed by atoms with Gasteiger partial charge in [-0.1, -0.05) is 44.2 Å². The van der Waals surface area contributed by atoms with Gasteiger partial charge in [0.2, 0.25) is 5.91 Å². The van der Waals surface area contributed by atoms with Crippen molar-refractivity contribution in [2.45, 2.75) is 69.2 Å². The summed E-state index contributed by atoms with van der Waals surface area (Å²) >= 11 is 0. The minimum atomic E-state index is -0.268. The van der Waals surface area contributed by atoms with Gasteiger partial charge in [-0.05, 0) is 43.4 Å². The van der Waals surface area contributed by atoms with Crippen LogP contribution in [0.1, 0.15) is 63.4 Å². The van der Waals surface area contributed by atoms with Crippen LogP contribution in [0.4, 0.5) is 5.69 Å². The largest absolute Gasteiger partial charge is 0.399 e. The molecule has 0 bridgehead atoms. The first kappa shape index (κ1) is 14.4. The molecule has 0 aromatic heterocycles. The van der Waals surface area contributed by atoms with Gasteiger partial charge in [0.15, 0.2) is 0 Å². The molecule has 1 aromatic carbocycles. The van der Waals surface area contributed by atoms with Crippen molar-refractivity contribution < 1.29 is 4.79 Å². The van der Waals surface area contributed by atoms with Crippen LogP contribution in [0.25, 0.3) is 0 Å². The summed E-state index contributed by atoms with van der Waals surface area (Å²) in [7, 11) is 0. The van der Waals surface area contributed by atoms with Crippen molar-refractivity contribution in [2.24, 2.45) is 0 Å². The number of anilines is 1. The Morgan fingerprint density at radius 3 is 2.14 bits per heavy atom. The van der Waals surface area contributed by atoms with Gasteiger partial charge in [-0.3, -0.25) is 4.79 Å². The Morgan fingerprint density at radius 2 is 1.57 bits per heavy atom. The molecule has 0 aliphatic heterocycles. The summed E-state index contributed by atoms with van der Waals surface area (Å²) in [6, 6.07) is 8.21. The lowest BCUT2D eigenvalue weighted by Gasteiger charge is -2.24. The Kier molecular flexibility index (Phi) is 4.18. The van der Waals surface area contributed by atoms with E-state index in [0.717, 1.165) is 36.9 Å². The van der Waals surface area contributed by atoms with E-state index >= 15 is 0 Å². The number of rotatable bonds is 3. The summed E-state index contributed by atoms with van der Waals surface area (Å²) in [4.78, 5) is 12.7. The average Bonchev–Trinajstić information content (AvgIpc) is 3.24. The molecular weight excluding hydrogens is 260 g/mol. The van der Waals surface area contributed by atoms with Crippen molar-refractivity contribution in [1.29, 1.82) is 0 Å². The minimum absolute atomic E-state index is 0.234. The van der Waals surface area contributed by atoms with Gasteiger partial charge in [-0.15, -0.1) is 0 Å². The Bertz CT molecular complexity index is 482. The molecule has 1 amide bonds. The van der Waals surface area contributed by atoms with Crippen LogP contribution in [0, 0.1) is 0 Å². The lowest BCUT2D eigenvalue weighted by Crippen LogP contribution is -2.41. The van der Waals surface area contributed by atoms with Crippen LogP contribution in [-0.2, 0) is 10.2 Å². The third-order valence-corrected chi connectivity index (χ3v) is 5.09. The Labute approximate surface area is 127 Å². The maximum absolute atomic E-state index is 12.7. The Hall–Kier alpha value is -1.51. The number of nitrogens with two attached hydrogens (primary N) is 1. The monoisotopic (exact) mass is 286 g/mol. The van der Waals surface area contributed by atoms with Crippen LogP contribution in [-0.4, -0.2) is 11.9 Å². The molecule has 2 aliphatic carbocycles. The number of hydrogen-bond donors (Lipinski definition) is 2. The van der Waals surface area contributed by atoms with Crippen molar-refractivity contribution in [3.63, 3.8) is 0 Å². The summed E-state index contributed by atoms with van der Waals surface area (Å²) in [5, 5.41) is 3.33. The van der Waals surface area contributed by atoms with Gasteiger partial charge in [-0.2, -0.15) is 0 Å². The summed E-state index contributed by atoms with van der Waals surface area (Å²) in [5.41, 5.74) is 7.36. The van der Waals surface area contributed by atoms with E-state index in [1.807, 2.05) is 24.3 Å². The molecule has 0 heterocycles. The van der Waals surface area contributed by atoms with Gasteiger partial charge in [0.25, 0.3) is 0 Å². The van der Waals surface area contributed by atoms with Crippen LogP contribution < -0.4 is 11.1 Å². The lowest BCUT2D eigenvalue weighted by atomic mass is 9.92. The number of benzene rings is 1. The first-order valence-corrected chi connectivity index (χ1v) is 8.38. The van der Waals surface area contributed by atoms with Crippen LogP contribution in [0.2, 0.25) is 0 Å². The lowest BCUT2D eigenvalue weighted by molar-refractivity contribution is -0.124. The summed E-state index contributed by atoms with van der Waals surface area (Å²) < 4.78 is 0. The Balaban J connectivity index is 1.65. The van der Waals surface area contributed by atoms with Gasteiger partial charge in [-0.25, -0.2) is 0 Å². The SMILES string of the molecule is Nc1ccc(C2(C(=O)NC3CCCCCCC3)CC2)cc1. The van der Waals surface area contributed by atoms with Gasteiger partial charge in [0.1, 0.15) is 0 Å². The van der Waals surface area contributed by atoms with E-state index in [9.17, 15) is 4.79 Å². The van der Waals surface area contributed by atoms with Crippen molar-refractivity contribution in [3.05, 3.63) is 29.8 Å². The van der Waals surface area contributed by atoms with Crippen molar-refractivity contribution >= 4 is 11.6 Å². The molecule has 0 unspecified atom stereocenters. The van der Waals surface area contributed by atoms with Crippen molar-refractivity contribution in [1.82, 2.24) is 5.32 Å². The Morgan fingerprint density at radius 1 is 1.00 bits per heavy atom. The quantitative estimate of drug-likeness (QED) is 0.835. The number of carbonyl (C=O) groups excluding carboxylic acids is 1. The van der Waals surface area contributed by atoms with E-state index < -0.39 is 0 Å². The van der Waals surface area contributed by atoms with E-state index in [4.69, 9.17) is 5.73 Å². The molecule has 1 aromatic rings. The second-order valence-electron chi connectivity index (χ2n) is 6.72. The fourth-order valence-corrected chi connectivity index (χ4v) is 3.50. The highest BCUT2D eigenvalue weighted by Crippen LogP contribution is 2.48. The second kappa shape index (κ2) is 6.08. The molecule has 0 atom stereocenters. The third-order valence-electron chi connectivity index (χ3n) is 5.09. The van der Waals surface area contributed by atoms with Crippen LogP contribution in [0.5, 0.6) is 0 Å². The molecular formula is C18H26N2O. The summed E-state index contributed by atoms with van der Waals surface area (Å²) in [6.07, 6.45) is 10.7. The fraction of sp³-hybridized carbons (Fsp3) is 0.611. The van der Waals surface area contributed by atoms with Crippen LogP contribution >= 0.6 is 0 Å². The molecule has 3 N–H and O–H groups in total. The highest BCUT2D eigenvalue weighted by molar-refractivity contribution is 5.91. The second-order valence-corrected chi connectivity index (χ2v) is 6.72. The molecule has 3 heteroatoms. The number of hydrogen-bond acceptors (Lipinski definition) is 2. The van der Waals surface area contributed by atoms with E-state index in [1.165, 1.54) is 32.1 Å². The predicted octanol–water partition coefficient (Wildman–Crippen LogP) is 3.53.